The molecule has 2 aromatic heterocycles. The van der Waals surface area contributed by atoms with Crippen LogP contribution in [0.5, 0.6) is 0 Å². The highest BCUT2D eigenvalue weighted by Crippen LogP contribution is 2.26. The Kier molecular flexibility index (Phi) is 3.96. The molecule has 0 aliphatic carbocycles. The quantitative estimate of drug-likeness (QED) is 0.944. The van der Waals surface area contributed by atoms with Crippen molar-refractivity contribution in [1.29, 1.82) is 0 Å². The predicted molar refractivity (Wildman–Crippen MR) is 77.1 cm³/mol. The summed E-state index contributed by atoms with van der Waals surface area (Å²) < 4.78 is 4.89. The summed E-state index contributed by atoms with van der Waals surface area (Å²) in [5, 5.41) is 11.0. The number of carbonyl (C=O) groups is 1. The van der Waals surface area contributed by atoms with Crippen LogP contribution in [-0.4, -0.2) is 39.3 Å². The molecule has 21 heavy (non-hydrogen) atoms. The minimum atomic E-state index is 0.0624. The van der Waals surface area contributed by atoms with E-state index in [1.54, 1.807) is 13.1 Å². The normalized spacial score (nSPS) is 19.0. The zero-order valence-electron chi connectivity index (χ0n) is 11.8. The molecule has 6 nitrogen and oxygen atoms in total. The summed E-state index contributed by atoms with van der Waals surface area (Å²) in [6.45, 7) is 3.29. The highest BCUT2D eigenvalue weighted by molar-refractivity contribution is 6.29. The van der Waals surface area contributed by atoms with Gasteiger partial charge < -0.3 is 9.42 Å². The van der Waals surface area contributed by atoms with Crippen LogP contribution in [-0.2, 0) is 11.2 Å². The summed E-state index contributed by atoms with van der Waals surface area (Å²) in [6.07, 6.45) is 4.05. The molecular formula is C14H17ClN4O2. The number of amides is 1. The molecule has 0 aromatic carbocycles. The van der Waals surface area contributed by atoms with Crippen molar-refractivity contribution < 1.29 is 9.32 Å². The van der Waals surface area contributed by atoms with Crippen LogP contribution in [0.4, 0.5) is 0 Å². The molecule has 0 spiro atoms. The Labute approximate surface area is 127 Å². The van der Waals surface area contributed by atoms with E-state index in [1.807, 2.05) is 11.0 Å². The van der Waals surface area contributed by atoms with Crippen LogP contribution in [0.1, 0.15) is 35.7 Å². The number of carbonyl (C=O) groups excluding carboxylic acids is 1. The lowest BCUT2D eigenvalue weighted by Crippen LogP contribution is -2.40. The highest BCUT2D eigenvalue weighted by Gasteiger charge is 2.27. The molecule has 3 rings (SSSR count). The summed E-state index contributed by atoms with van der Waals surface area (Å²) in [5.74, 6) is 0.386. The van der Waals surface area contributed by atoms with Crippen molar-refractivity contribution in [2.45, 2.75) is 32.1 Å². The maximum atomic E-state index is 12.5. The van der Waals surface area contributed by atoms with Gasteiger partial charge in [-0.05, 0) is 37.4 Å². The Morgan fingerprint density at radius 2 is 2.48 bits per heavy atom. The van der Waals surface area contributed by atoms with Crippen molar-refractivity contribution >= 4 is 17.5 Å². The number of likely N-dealkylation sites (tertiary alicyclic amines) is 1. The van der Waals surface area contributed by atoms with Crippen LogP contribution in [0, 0.1) is 6.92 Å². The van der Waals surface area contributed by atoms with Gasteiger partial charge in [0.15, 0.2) is 0 Å². The molecule has 2 aromatic rings. The Morgan fingerprint density at radius 3 is 3.14 bits per heavy atom. The maximum Gasteiger partial charge on any atom is 0.229 e. The van der Waals surface area contributed by atoms with E-state index in [-0.39, 0.29) is 17.5 Å². The van der Waals surface area contributed by atoms with Crippen LogP contribution in [0.15, 0.2) is 16.8 Å². The molecule has 1 aliphatic rings. The average molecular weight is 309 g/mol. The van der Waals surface area contributed by atoms with Crippen LogP contribution in [0.25, 0.3) is 0 Å². The number of H-pyrrole nitrogens is 1. The first-order chi connectivity index (χ1) is 10.1. The maximum absolute atomic E-state index is 12.5. The summed E-state index contributed by atoms with van der Waals surface area (Å²) in [5.41, 5.74) is 2.45. The van der Waals surface area contributed by atoms with Gasteiger partial charge in [0.05, 0.1) is 12.1 Å². The molecule has 1 N–H and O–H groups in total. The Bertz CT molecular complexity index is 603. The third-order valence-electron chi connectivity index (χ3n) is 4.00. The zero-order chi connectivity index (χ0) is 14.8. The fraction of sp³-hybridized carbons (Fsp3) is 0.500. The minimum absolute atomic E-state index is 0.0624. The number of piperidine rings is 1. The van der Waals surface area contributed by atoms with Gasteiger partial charge in [-0.15, -0.1) is 0 Å². The number of rotatable bonds is 3. The van der Waals surface area contributed by atoms with E-state index in [0.29, 0.717) is 23.7 Å². The monoisotopic (exact) mass is 308 g/mol. The van der Waals surface area contributed by atoms with E-state index in [1.165, 1.54) is 0 Å². The van der Waals surface area contributed by atoms with Gasteiger partial charge in [-0.25, -0.2) is 0 Å². The molecular weight excluding hydrogens is 292 g/mol. The molecule has 1 saturated heterocycles. The summed E-state index contributed by atoms with van der Waals surface area (Å²) in [6, 6.07) is 1.97. The minimum Gasteiger partial charge on any atom is -0.344 e. The van der Waals surface area contributed by atoms with Crippen LogP contribution < -0.4 is 0 Å². The molecule has 1 atom stereocenters. The van der Waals surface area contributed by atoms with Crippen LogP contribution >= 0.6 is 11.6 Å². The van der Waals surface area contributed by atoms with Gasteiger partial charge in [-0.3, -0.25) is 9.89 Å². The van der Waals surface area contributed by atoms with E-state index < -0.39 is 0 Å². The summed E-state index contributed by atoms with van der Waals surface area (Å²) >= 11 is 5.92. The van der Waals surface area contributed by atoms with Crippen molar-refractivity contribution in [2.75, 3.05) is 13.1 Å². The van der Waals surface area contributed by atoms with Crippen molar-refractivity contribution in [1.82, 2.24) is 20.3 Å². The molecule has 1 aliphatic heterocycles. The van der Waals surface area contributed by atoms with E-state index in [9.17, 15) is 4.79 Å². The molecule has 0 unspecified atom stereocenters. The van der Waals surface area contributed by atoms with Crippen molar-refractivity contribution in [3.05, 3.63) is 34.4 Å². The van der Waals surface area contributed by atoms with Crippen LogP contribution in [0.3, 0.4) is 0 Å². The zero-order valence-corrected chi connectivity index (χ0v) is 12.6. The second-order valence-corrected chi connectivity index (χ2v) is 5.73. The first-order valence-electron chi connectivity index (χ1n) is 7.03. The number of hydrogen-bond donors (Lipinski definition) is 1. The largest absolute Gasteiger partial charge is 0.344 e. The van der Waals surface area contributed by atoms with Gasteiger partial charge >= 0.3 is 0 Å². The number of aryl methyl sites for hydroxylation is 1. The number of hydrogen-bond acceptors (Lipinski definition) is 4. The predicted octanol–water partition coefficient (Wildman–Crippen LogP) is 2.31. The van der Waals surface area contributed by atoms with Gasteiger partial charge in [0.1, 0.15) is 0 Å². The Balaban J connectivity index is 1.67. The lowest BCUT2D eigenvalue weighted by atomic mass is 9.94. The third kappa shape index (κ3) is 2.95. The molecule has 0 bridgehead atoms. The molecule has 0 saturated carbocycles. The number of aromatic nitrogens is 3. The molecule has 7 heteroatoms. The molecule has 1 fully saturated rings. The van der Waals surface area contributed by atoms with E-state index in [2.05, 4.69) is 15.4 Å². The van der Waals surface area contributed by atoms with Crippen molar-refractivity contribution in [3.63, 3.8) is 0 Å². The van der Waals surface area contributed by atoms with Crippen molar-refractivity contribution in [2.24, 2.45) is 0 Å². The SMILES string of the molecule is Cc1noc(Cl)c1CC(=O)N1CCC[C@@H](c2ccn[nH]2)C1. The number of nitrogens with zero attached hydrogens (tertiary/aromatic N) is 3. The fourth-order valence-corrected chi connectivity index (χ4v) is 3.01. The molecule has 112 valence electrons. The first kappa shape index (κ1) is 14.1. The summed E-state index contributed by atoms with van der Waals surface area (Å²) in [7, 11) is 0. The second kappa shape index (κ2) is 5.89. The lowest BCUT2D eigenvalue weighted by molar-refractivity contribution is -0.131. The lowest BCUT2D eigenvalue weighted by Gasteiger charge is -2.32. The van der Waals surface area contributed by atoms with E-state index in [4.69, 9.17) is 16.1 Å². The average Bonchev–Trinajstić information content (AvgIpc) is 3.13. The van der Waals surface area contributed by atoms with Crippen LogP contribution in [0.2, 0.25) is 5.22 Å². The standard InChI is InChI=1S/C14H17ClN4O2/c1-9-11(14(15)21-18-9)7-13(20)19-6-2-3-10(8-19)12-4-5-16-17-12/h4-5,10H,2-3,6-8H2,1H3,(H,16,17)/t10-/m1/s1. The highest BCUT2D eigenvalue weighted by atomic mass is 35.5. The van der Waals surface area contributed by atoms with Gasteiger partial charge in [-0.2, -0.15) is 5.10 Å². The van der Waals surface area contributed by atoms with Crippen molar-refractivity contribution in [3.8, 4) is 0 Å². The number of halogens is 1. The Morgan fingerprint density at radius 1 is 1.62 bits per heavy atom. The summed E-state index contributed by atoms with van der Waals surface area (Å²) in [4.78, 5) is 14.3. The number of nitrogens with one attached hydrogen (secondary N) is 1. The molecule has 0 radical (unpaired) electrons. The topological polar surface area (TPSA) is 75.0 Å². The molecule has 3 heterocycles. The van der Waals surface area contributed by atoms with Gasteiger partial charge in [0.2, 0.25) is 11.1 Å². The number of aromatic amines is 1. The van der Waals surface area contributed by atoms with Gasteiger partial charge in [0, 0.05) is 36.5 Å². The van der Waals surface area contributed by atoms with E-state index in [0.717, 1.165) is 25.1 Å². The third-order valence-corrected chi connectivity index (χ3v) is 4.30. The smallest absolute Gasteiger partial charge is 0.229 e. The Hall–Kier alpha value is -1.82. The van der Waals surface area contributed by atoms with Gasteiger partial charge in [0.25, 0.3) is 0 Å². The van der Waals surface area contributed by atoms with E-state index >= 15 is 0 Å². The molecule has 1 amide bonds. The second-order valence-electron chi connectivity index (χ2n) is 5.39. The van der Waals surface area contributed by atoms with Gasteiger partial charge in [-0.1, -0.05) is 5.16 Å². The first-order valence-corrected chi connectivity index (χ1v) is 7.40. The fourth-order valence-electron chi connectivity index (χ4n) is 2.77.